The lowest BCUT2D eigenvalue weighted by atomic mass is 9.90. The van der Waals surface area contributed by atoms with Crippen molar-refractivity contribution in [3.8, 4) is 0 Å². The summed E-state index contributed by atoms with van der Waals surface area (Å²) in [6.07, 6.45) is 0.100. The van der Waals surface area contributed by atoms with Crippen LogP contribution in [0.25, 0.3) is 10.9 Å². The Bertz CT molecular complexity index is 943. The quantitative estimate of drug-likeness (QED) is 0.784. The Morgan fingerprint density at radius 1 is 1.13 bits per heavy atom. The fourth-order valence-corrected chi connectivity index (χ4v) is 3.90. The van der Waals surface area contributed by atoms with Crippen molar-refractivity contribution in [3.63, 3.8) is 0 Å². The molecule has 0 radical (unpaired) electrons. The van der Waals surface area contributed by atoms with Gasteiger partial charge < -0.3 is 5.11 Å². The molecule has 1 aliphatic heterocycles. The SMILES string of the molecule is O=C1Sc2ccccc2[C@]1(O)Cc1ccc2cc(F)ccc2n1. The van der Waals surface area contributed by atoms with E-state index in [1.807, 2.05) is 12.1 Å². The molecule has 0 bridgehead atoms. The summed E-state index contributed by atoms with van der Waals surface area (Å²) < 4.78 is 13.2. The second-order valence-corrected chi connectivity index (χ2v) is 6.58. The van der Waals surface area contributed by atoms with Crippen molar-refractivity contribution in [1.29, 1.82) is 0 Å². The molecule has 1 aromatic heterocycles. The minimum absolute atomic E-state index is 0.100. The standard InChI is InChI=1S/C18H12FNO2S/c19-12-6-8-15-11(9-12)5-7-13(20-15)10-18(22)14-3-1-2-4-16(14)23-17(18)21/h1-9,22H,10H2/t18-/m1/s1. The van der Waals surface area contributed by atoms with Crippen LogP contribution in [0.4, 0.5) is 4.39 Å². The van der Waals surface area contributed by atoms with Crippen molar-refractivity contribution >= 4 is 27.8 Å². The molecule has 0 saturated carbocycles. The van der Waals surface area contributed by atoms with Crippen LogP contribution >= 0.6 is 11.8 Å². The van der Waals surface area contributed by atoms with Gasteiger partial charge in [-0.05, 0) is 42.1 Å². The zero-order valence-electron chi connectivity index (χ0n) is 12.0. The van der Waals surface area contributed by atoms with E-state index in [-0.39, 0.29) is 17.4 Å². The maximum absolute atomic E-state index is 13.2. The number of aromatic nitrogens is 1. The molecule has 0 aliphatic carbocycles. The predicted molar refractivity (Wildman–Crippen MR) is 86.6 cm³/mol. The number of nitrogens with zero attached hydrogens (tertiary/aromatic N) is 1. The number of hydrogen-bond donors (Lipinski definition) is 1. The van der Waals surface area contributed by atoms with Gasteiger partial charge in [0.05, 0.1) is 5.52 Å². The van der Waals surface area contributed by atoms with Crippen LogP contribution in [0.3, 0.4) is 0 Å². The second-order valence-electron chi connectivity index (χ2n) is 5.56. The molecule has 2 heterocycles. The van der Waals surface area contributed by atoms with Crippen LogP contribution in [0.5, 0.6) is 0 Å². The van der Waals surface area contributed by atoms with E-state index in [0.29, 0.717) is 22.2 Å². The summed E-state index contributed by atoms with van der Waals surface area (Å²) in [5.41, 5.74) is 0.286. The average Bonchev–Trinajstić information content (AvgIpc) is 2.79. The lowest BCUT2D eigenvalue weighted by Crippen LogP contribution is -2.33. The normalized spacial score (nSPS) is 20.0. The van der Waals surface area contributed by atoms with E-state index >= 15 is 0 Å². The van der Waals surface area contributed by atoms with Crippen molar-refractivity contribution < 1.29 is 14.3 Å². The van der Waals surface area contributed by atoms with Gasteiger partial charge in [-0.3, -0.25) is 9.78 Å². The first kappa shape index (κ1) is 14.4. The Balaban J connectivity index is 1.75. The van der Waals surface area contributed by atoms with Gasteiger partial charge in [0, 0.05) is 28.0 Å². The third-order valence-corrected chi connectivity index (χ3v) is 5.12. The number of pyridine rings is 1. The molecule has 1 N–H and O–H groups in total. The number of fused-ring (bicyclic) bond motifs is 2. The smallest absolute Gasteiger partial charge is 0.230 e. The molecule has 4 rings (SSSR count). The molecule has 0 spiro atoms. The third-order valence-electron chi connectivity index (χ3n) is 4.02. The Morgan fingerprint density at radius 2 is 1.96 bits per heavy atom. The summed E-state index contributed by atoms with van der Waals surface area (Å²) in [5, 5.41) is 11.3. The topological polar surface area (TPSA) is 50.2 Å². The first-order valence-corrected chi connectivity index (χ1v) is 7.97. The van der Waals surface area contributed by atoms with E-state index in [2.05, 4.69) is 4.98 Å². The summed E-state index contributed by atoms with van der Waals surface area (Å²) >= 11 is 1.06. The van der Waals surface area contributed by atoms with E-state index in [4.69, 9.17) is 0 Å². The van der Waals surface area contributed by atoms with E-state index < -0.39 is 5.60 Å². The number of carbonyl (C=O) groups excluding carboxylic acids is 1. The monoisotopic (exact) mass is 325 g/mol. The van der Waals surface area contributed by atoms with Gasteiger partial charge >= 0.3 is 0 Å². The summed E-state index contributed by atoms with van der Waals surface area (Å²) in [7, 11) is 0. The molecule has 5 heteroatoms. The van der Waals surface area contributed by atoms with Gasteiger partial charge in [0.15, 0.2) is 5.60 Å². The molecule has 114 valence electrons. The molecule has 0 amide bonds. The van der Waals surface area contributed by atoms with Crippen LogP contribution in [-0.2, 0) is 16.8 Å². The van der Waals surface area contributed by atoms with Gasteiger partial charge in [0.1, 0.15) is 5.82 Å². The lowest BCUT2D eigenvalue weighted by molar-refractivity contribution is -0.128. The highest BCUT2D eigenvalue weighted by Gasteiger charge is 2.45. The second kappa shape index (κ2) is 5.15. The van der Waals surface area contributed by atoms with Crippen molar-refractivity contribution in [2.24, 2.45) is 0 Å². The molecular formula is C18H12FNO2S. The summed E-state index contributed by atoms with van der Waals surface area (Å²) in [4.78, 5) is 17.5. The zero-order chi connectivity index (χ0) is 16.0. The minimum Gasteiger partial charge on any atom is -0.376 e. The number of halogens is 1. The summed E-state index contributed by atoms with van der Waals surface area (Å²) in [6, 6.07) is 15.1. The molecule has 0 fully saturated rings. The number of hydrogen-bond acceptors (Lipinski definition) is 4. The van der Waals surface area contributed by atoms with Gasteiger partial charge in [-0.15, -0.1) is 0 Å². The number of benzene rings is 2. The number of aliphatic hydroxyl groups is 1. The summed E-state index contributed by atoms with van der Waals surface area (Å²) in [6.45, 7) is 0. The van der Waals surface area contributed by atoms with Gasteiger partial charge in [-0.1, -0.05) is 24.3 Å². The predicted octanol–water partition coefficient (Wildman–Crippen LogP) is 3.44. The fourth-order valence-electron chi connectivity index (χ4n) is 2.86. The fraction of sp³-hybridized carbons (Fsp3) is 0.111. The number of thioether (sulfide) groups is 1. The van der Waals surface area contributed by atoms with Crippen molar-refractivity contribution in [3.05, 3.63) is 71.7 Å². The Labute approximate surface area is 136 Å². The van der Waals surface area contributed by atoms with E-state index in [1.165, 1.54) is 12.1 Å². The molecule has 23 heavy (non-hydrogen) atoms. The van der Waals surface area contributed by atoms with E-state index in [1.54, 1.807) is 30.3 Å². The molecule has 3 aromatic rings. The maximum Gasteiger partial charge on any atom is 0.230 e. The van der Waals surface area contributed by atoms with Crippen molar-refractivity contribution in [1.82, 2.24) is 4.98 Å². The van der Waals surface area contributed by atoms with Gasteiger partial charge in [0.2, 0.25) is 5.12 Å². The van der Waals surface area contributed by atoms with Crippen LogP contribution < -0.4 is 0 Å². The summed E-state index contributed by atoms with van der Waals surface area (Å²) in [5.74, 6) is -0.318. The molecule has 1 aliphatic rings. The number of rotatable bonds is 2. The van der Waals surface area contributed by atoms with Gasteiger partial charge in [-0.2, -0.15) is 0 Å². The zero-order valence-corrected chi connectivity index (χ0v) is 12.8. The minimum atomic E-state index is -1.57. The molecule has 2 aromatic carbocycles. The van der Waals surface area contributed by atoms with Gasteiger partial charge in [-0.25, -0.2) is 4.39 Å². The third kappa shape index (κ3) is 2.33. The Morgan fingerprint density at radius 3 is 2.83 bits per heavy atom. The first-order chi connectivity index (χ1) is 11.1. The molecule has 1 atom stereocenters. The lowest BCUT2D eigenvalue weighted by Gasteiger charge is -2.21. The van der Waals surface area contributed by atoms with E-state index in [0.717, 1.165) is 16.7 Å². The largest absolute Gasteiger partial charge is 0.376 e. The maximum atomic E-state index is 13.2. The Hall–Kier alpha value is -2.24. The van der Waals surface area contributed by atoms with Crippen molar-refractivity contribution in [2.45, 2.75) is 16.9 Å². The molecule has 3 nitrogen and oxygen atoms in total. The van der Waals surface area contributed by atoms with Gasteiger partial charge in [0.25, 0.3) is 0 Å². The molecular weight excluding hydrogens is 313 g/mol. The molecule has 0 saturated heterocycles. The highest BCUT2D eigenvalue weighted by molar-refractivity contribution is 8.14. The number of carbonyl (C=O) groups is 1. The average molecular weight is 325 g/mol. The van der Waals surface area contributed by atoms with Crippen LogP contribution in [0, 0.1) is 5.82 Å². The van der Waals surface area contributed by atoms with Crippen LogP contribution in [0.1, 0.15) is 11.3 Å². The molecule has 0 unspecified atom stereocenters. The highest BCUT2D eigenvalue weighted by atomic mass is 32.2. The first-order valence-electron chi connectivity index (χ1n) is 7.16. The Kier molecular flexibility index (Phi) is 3.21. The van der Waals surface area contributed by atoms with Crippen molar-refractivity contribution in [2.75, 3.05) is 0 Å². The highest BCUT2D eigenvalue weighted by Crippen LogP contribution is 2.45. The van der Waals surface area contributed by atoms with Crippen LogP contribution in [-0.4, -0.2) is 15.2 Å². The van der Waals surface area contributed by atoms with Crippen LogP contribution in [0.15, 0.2) is 59.5 Å². The van der Waals surface area contributed by atoms with Crippen LogP contribution in [0.2, 0.25) is 0 Å². The van der Waals surface area contributed by atoms with E-state index in [9.17, 15) is 14.3 Å².